The van der Waals surface area contributed by atoms with Gasteiger partial charge in [-0.15, -0.1) is 0 Å². The molecule has 2 aromatic rings. The van der Waals surface area contributed by atoms with Crippen molar-refractivity contribution in [3.8, 4) is 5.88 Å². The SMILES string of the molecule is CCNc1nc(OC2CCOCC2)c2ccccc2n1. The molecule has 0 atom stereocenters. The number of aromatic nitrogens is 2. The summed E-state index contributed by atoms with van der Waals surface area (Å²) in [6.07, 6.45) is 2.00. The molecule has 0 saturated carbocycles. The van der Waals surface area contributed by atoms with Crippen LogP contribution in [0, 0.1) is 0 Å². The van der Waals surface area contributed by atoms with Crippen LogP contribution in [-0.4, -0.2) is 35.8 Å². The van der Waals surface area contributed by atoms with Crippen molar-refractivity contribution in [1.82, 2.24) is 9.97 Å². The van der Waals surface area contributed by atoms with Gasteiger partial charge in [-0.1, -0.05) is 12.1 Å². The average molecular weight is 273 g/mol. The zero-order valence-electron chi connectivity index (χ0n) is 11.6. The molecule has 1 aliphatic heterocycles. The lowest BCUT2D eigenvalue weighted by Gasteiger charge is -2.23. The van der Waals surface area contributed by atoms with Gasteiger partial charge in [0.2, 0.25) is 11.8 Å². The molecule has 20 heavy (non-hydrogen) atoms. The first kappa shape index (κ1) is 13.1. The molecule has 2 heterocycles. The molecule has 3 rings (SSSR count). The summed E-state index contributed by atoms with van der Waals surface area (Å²) < 4.78 is 11.4. The summed E-state index contributed by atoms with van der Waals surface area (Å²) in [7, 11) is 0. The van der Waals surface area contributed by atoms with Crippen LogP contribution >= 0.6 is 0 Å². The fourth-order valence-electron chi connectivity index (χ4n) is 2.33. The van der Waals surface area contributed by atoms with Gasteiger partial charge in [0.05, 0.1) is 24.1 Å². The first-order valence-electron chi connectivity index (χ1n) is 7.12. The summed E-state index contributed by atoms with van der Waals surface area (Å²) in [5, 5.41) is 4.11. The van der Waals surface area contributed by atoms with Crippen LogP contribution in [0.4, 0.5) is 5.95 Å². The van der Waals surface area contributed by atoms with E-state index in [0.29, 0.717) is 11.8 Å². The van der Waals surface area contributed by atoms with Crippen LogP contribution < -0.4 is 10.1 Å². The number of anilines is 1. The van der Waals surface area contributed by atoms with Crippen LogP contribution in [0.5, 0.6) is 5.88 Å². The van der Waals surface area contributed by atoms with Crippen molar-refractivity contribution >= 4 is 16.9 Å². The predicted molar refractivity (Wildman–Crippen MR) is 78.2 cm³/mol. The van der Waals surface area contributed by atoms with Crippen LogP contribution in [0.1, 0.15) is 19.8 Å². The maximum absolute atomic E-state index is 6.08. The molecule has 0 bridgehead atoms. The third kappa shape index (κ3) is 2.82. The Bertz CT molecular complexity index is 582. The van der Waals surface area contributed by atoms with Crippen molar-refractivity contribution in [2.45, 2.75) is 25.9 Å². The molecule has 5 heteroatoms. The molecule has 1 aliphatic rings. The van der Waals surface area contributed by atoms with E-state index in [4.69, 9.17) is 9.47 Å². The number of fused-ring (bicyclic) bond motifs is 1. The van der Waals surface area contributed by atoms with Gasteiger partial charge in [0.25, 0.3) is 0 Å². The van der Waals surface area contributed by atoms with Crippen LogP contribution in [0.3, 0.4) is 0 Å². The molecular formula is C15H19N3O2. The summed E-state index contributed by atoms with van der Waals surface area (Å²) in [5.41, 5.74) is 0.903. The molecule has 5 nitrogen and oxygen atoms in total. The Morgan fingerprint density at radius 2 is 2.05 bits per heavy atom. The molecule has 106 valence electrons. The second kappa shape index (κ2) is 6.05. The number of hydrogen-bond acceptors (Lipinski definition) is 5. The van der Waals surface area contributed by atoms with E-state index in [1.807, 2.05) is 31.2 Å². The molecule has 1 saturated heterocycles. The topological polar surface area (TPSA) is 56.3 Å². The zero-order valence-corrected chi connectivity index (χ0v) is 11.6. The van der Waals surface area contributed by atoms with Crippen molar-refractivity contribution in [3.05, 3.63) is 24.3 Å². The molecule has 1 aromatic heterocycles. The molecule has 0 spiro atoms. The second-order valence-corrected chi connectivity index (χ2v) is 4.83. The quantitative estimate of drug-likeness (QED) is 0.928. The summed E-state index contributed by atoms with van der Waals surface area (Å²) in [4.78, 5) is 8.99. The minimum absolute atomic E-state index is 0.177. The van der Waals surface area contributed by atoms with E-state index in [2.05, 4.69) is 15.3 Å². The lowest BCUT2D eigenvalue weighted by atomic mass is 10.1. The Morgan fingerprint density at radius 1 is 1.25 bits per heavy atom. The van der Waals surface area contributed by atoms with Crippen LogP contribution in [0.15, 0.2) is 24.3 Å². The van der Waals surface area contributed by atoms with E-state index in [0.717, 1.165) is 43.5 Å². The average Bonchev–Trinajstić information content (AvgIpc) is 2.49. The van der Waals surface area contributed by atoms with E-state index in [1.54, 1.807) is 0 Å². The van der Waals surface area contributed by atoms with E-state index >= 15 is 0 Å². The highest BCUT2D eigenvalue weighted by Gasteiger charge is 2.18. The van der Waals surface area contributed by atoms with Crippen LogP contribution in [0.25, 0.3) is 10.9 Å². The van der Waals surface area contributed by atoms with Gasteiger partial charge in [0, 0.05) is 19.4 Å². The molecule has 0 unspecified atom stereocenters. The number of ether oxygens (including phenoxy) is 2. The Morgan fingerprint density at radius 3 is 2.85 bits per heavy atom. The summed E-state index contributed by atoms with van der Waals surface area (Å²) in [5.74, 6) is 1.28. The maximum Gasteiger partial charge on any atom is 0.226 e. The first-order chi connectivity index (χ1) is 9.86. The van der Waals surface area contributed by atoms with Gasteiger partial charge >= 0.3 is 0 Å². The highest BCUT2D eigenvalue weighted by atomic mass is 16.5. The van der Waals surface area contributed by atoms with Crippen molar-refractivity contribution < 1.29 is 9.47 Å². The Balaban J connectivity index is 1.93. The van der Waals surface area contributed by atoms with Gasteiger partial charge in [-0.05, 0) is 19.1 Å². The molecule has 1 aromatic carbocycles. The highest BCUT2D eigenvalue weighted by molar-refractivity contribution is 5.84. The molecular weight excluding hydrogens is 254 g/mol. The third-order valence-electron chi connectivity index (χ3n) is 3.35. The van der Waals surface area contributed by atoms with Crippen LogP contribution in [0.2, 0.25) is 0 Å². The standard InChI is InChI=1S/C15H19N3O2/c1-2-16-15-17-13-6-4-3-5-12(13)14(18-15)20-11-7-9-19-10-8-11/h3-6,11H,2,7-10H2,1H3,(H,16,17,18). The fourth-order valence-corrected chi connectivity index (χ4v) is 2.33. The van der Waals surface area contributed by atoms with Crippen molar-refractivity contribution in [2.75, 3.05) is 25.1 Å². The van der Waals surface area contributed by atoms with E-state index < -0.39 is 0 Å². The van der Waals surface area contributed by atoms with Gasteiger partial charge in [-0.25, -0.2) is 4.98 Å². The van der Waals surface area contributed by atoms with Gasteiger partial charge < -0.3 is 14.8 Å². The summed E-state index contributed by atoms with van der Waals surface area (Å²) in [6, 6.07) is 7.94. The number of para-hydroxylation sites is 1. The molecule has 1 fully saturated rings. The lowest BCUT2D eigenvalue weighted by molar-refractivity contribution is 0.0244. The van der Waals surface area contributed by atoms with E-state index in [-0.39, 0.29) is 6.10 Å². The maximum atomic E-state index is 6.08. The molecule has 0 aliphatic carbocycles. The third-order valence-corrected chi connectivity index (χ3v) is 3.35. The largest absolute Gasteiger partial charge is 0.474 e. The van der Waals surface area contributed by atoms with Gasteiger partial charge in [-0.2, -0.15) is 4.98 Å². The Hall–Kier alpha value is -1.88. The molecule has 0 radical (unpaired) electrons. The summed E-state index contributed by atoms with van der Waals surface area (Å²) in [6.45, 7) is 4.33. The number of nitrogens with zero attached hydrogens (tertiary/aromatic N) is 2. The van der Waals surface area contributed by atoms with Crippen molar-refractivity contribution in [3.63, 3.8) is 0 Å². The monoisotopic (exact) mass is 273 g/mol. The summed E-state index contributed by atoms with van der Waals surface area (Å²) >= 11 is 0. The molecule has 1 N–H and O–H groups in total. The zero-order chi connectivity index (χ0) is 13.8. The minimum atomic E-state index is 0.177. The van der Waals surface area contributed by atoms with E-state index in [9.17, 15) is 0 Å². The normalized spacial score (nSPS) is 16.2. The minimum Gasteiger partial charge on any atom is -0.474 e. The number of hydrogen-bond donors (Lipinski definition) is 1. The fraction of sp³-hybridized carbons (Fsp3) is 0.467. The highest BCUT2D eigenvalue weighted by Crippen LogP contribution is 2.26. The van der Waals surface area contributed by atoms with Crippen molar-refractivity contribution in [2.24, 2.45) is 0 Å². The van der Waals surface area contributed by atoms with E-state index in [1.165, 1.54) is 0 Å². The van der Waals surface area contributed by atoms with Gasteiger partial charge in [-0.3, -0.25) is 0 Å². The van der Waals surface area contributed by atoms with Crippen molar-refractivity contribution in [1.29, 1.82) is 0 Å². The number of benzene rings is 1. The number of rotatable bonds is 4. The lowest BCUT2D eigenvalue weighted by Crippen LogP contribution is -2.26. The first-order valence-corrected chi connectivity index (χ1v) is 7.12. The second-order valence-electron chi connectivity index (χ2n) is 4.83. The Labute approximate surface area is 118 Å². The predicted octanol–water partition coefficient (Wildman–Crippen LogP) is 2.62. The van der Waals surface area contributed by atoms with Gasteiger partial charge in [0.15, 0.2) is 0 Å². The van der Waals surface area contributed by atoms with Crippen LogP contribution in [-0.2, 0) is 4.74 Å². The smallest absolute Gasteiger partial charge is 0.226 e. The number of nitrogens with one attached hydrogen (secondary N) is 1. The Kier molecular flexibility index (Phi) is 3.97. The molecule has 0 amide bonds. The van der Waals surface area contributed by atoms with Gasteiger partial charge in [0.1, 0.15) is 6.10 Å².